The Morgan fingerprint density at radius 2 is 2.19 bits per heavy atom. The van der Waals surface area contributed by atoms with Crippen LogP contribution in [0.25, 0.3) is 0 Å². The van der Waals surface area contributed by atoms with Crippen molar-refractivity contribution >= 4 is 5.91 Å². The molecular weight excluding hydrogens is 270 g/mol. The first-order chi connectivity index (χ1) is 9.98. The SMILES string of the molecule is CC1(C)C(O)CC1NC(=O)c1cn(C2CCNCC2)nn1. The van der Waals surface area contributed by atoms with E-state index in [2.05, 4.69) is 20.9 Å². The third-order valence-electron chi connectivity index (χ3n) is 4.95. The average molecular weight is 293 g/mol. The van der Waals surface area contributed by atoms with Gasteiger partial charge < -0.3 is 15.7 Å². The van der Waals surface area contributed by atoms with Crippen LogP contribution in [0, 0.1) is 5.41 Å². The Balaban J connectivity index is 1.62. The molecule has 1 aliphatic carbocycles. The lowest BCUT2D eigenvalue weighted by atomic mass is 9.64. The zero-order valence-corrected chi connectivity index (χ0v) is 12.5. The monoisotopic (exact) mass is 293 g/mol. The van der Waals surface area contributed by atoms with E-state index in [9.17, 15) is 9.90 Å². The summed E-state index contributed by atoms with van der Waals surface area (Å²) in [5.74, 6) is -0.208. The van der Waals surface area contributed by atoms with Crippen molar-refractivity contribution in [2.24, 2.45) is 5.41 Å². The third-order valence-corrected chi connectivity index (χ3v) is 4.95. The highest BCUT2D eigenvalue weighted by molar-refractivity contribution is 5.92. The van der Waals surface area contributed by atoms with E-state index in [1.165, 1.54) is 0 Å². The first kappa shape index (κ1) is 14.5. The predicted molar refractivity (Wildman–Crippen MR) is 76.8 cm³/mol. The van der Waals surface area contributed by atoms with Crippen LogP contribution >= 0.6 is 0 Å². The van der Waals surface area contributed by atoms with E-state index in [0.29, 0.717) is 18.2 Å². The van der Waals surface area contributed by atoms with Crippen LogP contribution in [0.2, 0.25) is 0 Å². The number of aliphatic hydroxyl groups is 1. The summed E-state index contributed by atoms with van der Waals surface area (Å²) in [5.41, 5.74) is 0.0754. The highest BCUT2D eigenvalue weighted by Crippen LogP contribution is 2.40. The maximum atomic E-state index is 12.2. The molecule has 1 aromatic heterocycles. The molecule has 0 bridgehead atoms. The fourth-order valence-electron chi connectivity index (χ4n) is 3.01. The molecule has 1 saturated carbocycles. The molecule has 2 heterocycles. The number of nitrogens with zero attached hydrogens (tertiary/aromatic N) is 3. The second-order valence-electron chi connectivity index (χ2n) is 6.66. The van der Waals surface area contributed by atoms with Gasteiger partial charge in [0.1, 0.15) is 0 Å². The van der Waals surface area contributed by atoms with E-state index < -0.39 is 0 Å². The number of hydrogen-bond acceptors (Lipinski definition) is 5. The Hall–Kier alpha value is -1.47. The molecule has 0 aromatic carbocycles. The molecule has 2 unspecified atom stereocenters. The van der Waals surface area contributed by atoms with Gasteiger partial charge in [0.05, 0.1) is 18.3 Å². The lowest BCUT2D eigenvalue weighted by Gasteiger charge is -2.49. The first-order valence-corrected chi connectivity index (χ1v) is 7.60. The largest absolute Gasteiger partial charge is 0.392 e. The van der Waals surface area contributed by atoms with Crippen LogP contribution in [0.5, 0.6) is 0 Å². The summed E-state index contributed by atoms with van der Waals surface area (Å²) in [6, 6.07) is 0.311. The minimum atomic E-state index is -0.353. The number of piperidine rings is 1. The number of rotatable bonds is 3. The molecule has 1 amide bonds. The number of carbonyl (C=O) groups is 1. The van der Waals surface area contributed by atoms with E-state index in [4.69, 9.17) is 0 Å². The van der Waals surface area contributed by atoms with Gasteiger partial charge in [-0.15, -0.1) is 5.10 Å². The maximum absolute atomic E-state index is 12.2. The number of nitrogens with one attached hydrogen (secondary N) is 2. The van der Waals surface area contributed by atoms with Crippen LogP contribution in [-0.4, -0.2) is 51.2 Å². The molecular formula is C14H23N5O2. The fourth-order valence-corrected chi connectivity index (χ4v) is 3.01. The van der Waals surface area contributed by atoms with Crippen LogP contribution < -0.4 is 10.6 Å². The van der Waals surface area contributed by atoms with Crippen molar-refractivity contribution in [1.82, 2.24) is 25.6 Å². The van der Waals surface area contributed by atoms with Gasteiger partial charge in [-0.05, 0) is 32.4 Å². The smallest absolute Gasteiger partial charge is 0.273 e. The van der Waals surface area contributed by atoms with Gasteiger partial charge in [0.2, 0.25) is 0 Å². The third kappa shape index (κ3) is 2.67. The number of hydrogen-bond donors (Lipinski definition) is 3. The number of aromatic nitrogens is 3. The summed E-state index contributed by atoms with van der Waals surface area (Å²) < 4.78 is 1.80. The van der Waals surface area contributed by atoms with Gasteiger partial charge in [0, 0.05) is 11.5 Å². The van der Waals surface area contributed by atoms with Crippen molar-refractivity contribution in [1.29, 1.82) is 0 Å². The summed E-state index contributed by atoms with van der Waals surface area (Å²) in [4.78, 5) is 12.2. The molecule has 2 atom stereocenters. The van der Waals surface area contributed by atoms with Gasteiger partial charge in [0.15, 0.2) is 5.69 Å². The van der Waals surface area contributed by atoms with E-state index in [1.54, 1.807) is 10.9 Å². The molecule has 1 aliphatic heterocycles. The van der Waals surface area contributed by atoms with Crippen LogP contribution in [0.3, 0.4) is 0 Å². The van der Waals surface area contributed by atoms with Crippen LogP contribution in [0.15, 0.2) is 6.20 Å². The molecule has 7 nitrogen and oxygen atoms in total. The number of amides is 1. The van der Waals surface area contributed by atoms with Crippen molar-refractivity contribution in [2.45, 2.75) is 51.3 Å². The molecule has 7 heteroatoms. The van der Waals surface area contributed by atoms with Crippen LogP contribution in [-0.2, 0) is 0 Å². The van der Waals surface area contributed by atoms with Gasteiger partial charge in [0.25, 0.3) is 5.91 Å². The summed E-state index contributed by atoms with van der Waals surface area (Å²) in [6.45, 7) is 5.86. The predicted octanol–water partition coefficient (Wildman–Crippen LogP) is 0.0918. The highest BCUT2D eigenvalue weighted by atomic mass is 16.3. The summed E-state index contributed by atoms with van der Waals surface area (Å²) in [5, 5.41) is 24.0. The average Bonchev–Trinajstić information content (AvgIpc) is 2.98. The minimum absolute atomic E-state index is 0.0102. The Labute approximate surface area is 124 Å². The van der Waals surface area contributed by atoms with Gasteiger partial charge in [-0.3, -0.25) is 4.79 Å². The minimum Gasteiger partial charge on any atom is -0.392 e. The second-order valence-corrected chi connectivity index (χ2v) is 6.66. The van der Waals surface area contributed by atoms with Gasteiger partial charge in [-0.1, -0.05) is 19.1 Å². The zero-order valence-electron chi connectivity index (χ0n) is 12.5. The lowest BCUT2D eigenvalue weighted by Crippen LogP contribution is -2.61. The van der Waals surface area contributed by atoms with E-state index >= 15 is 0 Å². The van der Waals surface area contributed by atoms with Gasteiger partial charge in [-0.2, -0.15) is 0 Å². The molecule has 2 fully saturated rings. The normalized spacial score (nSPS) is 28.9. The Morgan fingerprint density at radius 3 is 2.81 bits per heavy atom. The molecule has 2 aliphatic rings. The van der Waals surface area contributed by atoms with Crippen molar-refractivity contribution in [3.8, 4) is 0 Å². The molecule has 3 N–H and O–H groups in total. The summed E-state index contributed by atoms with van der Waals surface area (Å²) in [6.07, 6.45) is 3.99. The van der Waals surface area contributed by atoms with Crippen LogP contribution in [0.1, 0.15) is 49.6 Å². The topological polar surface area (TPSA) is 92.1 Å². The Kier molecular flexibility index (Phi) is 3.71. The summed E-state index contributed by atoms with van der Waals surface area (Å²) >= 11 is 0. The number of aliphatic hydroxyl groups excluding tert-OH is 1. The van der Waals surface area contributed by atoms with E-state index in [1.807, 2.05) is 13.8 Å². The first-order valence-electron chi connectivity index (χ1n) is 7.60. The van der Waals surface area contributed by atoms with E-state index in [-0.39, 0.29) is 23.5 Å². The fraction of sp³-hybridized carbons (Fsp3) is 0.786. The molecule has 21 heavy (non-hydrogen) atoms. The maximum Gasteiger partial charge on any atom is 0.273 e. The standard InChI is InChI=1S/C14H23N5O2/c1-14(2)11(7-12(14)20)16-13(21)10-8-19(18-17-10)9-3-5-15-6-4-9/h8-9,11-12,15,20H,3-7H2,1-2H3,(H,16,21). The molecule has 0 radical (unpaired) electrons. The van der Waals surface area contributed by atoms with Crippen molar-refractivity contribution in [3.63, 3.8) is 0 Å². The van der Waals surface area contributed by atoms with Crippen molar-refractivity contribution in [2.75, 3.05) is 13.1 Å². The molecule has 1 saturated heterocycles. The van der Waals surface area contributed by atoms with Crippen LogP contribution in [0.4, 0.5) is 0 Å². The molecule has 1 aromatic rings. The van der Waals surface area contributed by atoms with Crippen molar-refractivity contribution < 1.29 is 9.90 Å². The quantitative estimate of drug-likeness (QED) is 0.735. The summed E-state index contributed by atoms with van der Waals surface area (Å²) in [7, 11) is 0. The van der Waals surface area contributed by atoms with E-state index in [0.717, 1.165) is 25.9 Å². The van der Waals surface area contributed by atoms with Gasteiger partial charge in [-0.25, -0.2) is 4.68 Å². The second kappa shape index (κ2) is 5.38. The lowest BCUT2D eigenvalue weighted by molar-refractivity contribution is -0.0690. The molecule has 3 rings (SSSR count). The Bertz CT molecular complexity index is 521. The highest BCUT2D eigenvalue weighted by Gasteiger charge is 2.48. The van der Waals surface area contributed by atoms with Crippen molar-refractivity contribution in [3.05, 3.63) is 11.9 Å². The number of carbonyl (C=O) groups excluding carboxylic acids is 1. The van der Waals surface area contributed by atoms with Gasteiger partial charge >= 0.3 is 0 Å². The zero-order chi connectivity index (χ0) is 15.0. The molecule has 0 spiro atoms. The molecule has 116 valence electrons. The Morgan fingerprint density at radius 1 is 1.48 bits per heavy atom.